The van der Waals surface area contributed by atoms with Crippen molar-refractivity contribution in [2.24, 2.45) is 0 Å². The van der Waals surface area contributed by atoms with E-state index in [-0.39, 0.29) is 23.0 Å². The average molecular weight is 384 g/mol. The third-order valence-electron chi connectivity index (χ3n) is 4.80. The van der Waals surface area contributed by atoms with E-state index in [1.165, 1.54) is 0 Å². The van der Waals surface area contributed by atoms with Gasteiger partial charge in [0, 0.05) is 17.7 Å². The van der Waals surface area contributed by atoms with Gasteiger partial charge in [0.05, 0.1) is 12.8 Å². The highest BCUT2D eigenvalue weighted by atomic mass is 16.5. The molecule has 5 nitrogen and oxygen atoms in total. The summed E-state index contributed by atoms with van der Waals surface area (Å²) in [5.74, 6) is 0.136. The molecule has 4 rings (SSSR count). The highest BCUT2D eigenvalue weighted by Gasteiger charge is 2.32. The minimum atomic E-state index is -0.235. The van der Waals surface area contributed by atoms with Crippen LogP contribution in [0.1, 0.15) is 26.3 Å². The number of nitrogens with one attached hydrogen (secondary N) is 2. The Morgan fingerprint density at radius 3 is 2.00 bits per heavy atom. The van der Waals surface area contributed by atoms with E-state index in [0.717, 1.165) is 5.56 Å². The zero-order valence-corrected chi connectivity index (χ0v) is 15.9. The van der Waals surface area contributed by atoms with Crippen molar-refractivity contribution < 1.29 is 14.3 Å². The fraction of sp³-hybridized carbons (Fsp3) is 0.0833. The van der Waals surface area contributed by atoms with Crippen LogP contribution >= 0.6 is 0 Å². The molecule has 0 aromatic heterocycles. The Hall–Kier alpha value is -3.86. The Labute approximate surface area is 169 Å². The minimum absolute atomic E-state index is 0.214. The molecule has 0 unspecified atom stereocenters. The molecule has 0 amide bonds. The van der Waals surface area contributed by atoms with Crippen molar-refractivity contribution in [3.8, 4) is 5.75 Å². The highest BCUT2D eigenvalue weighted by molar-refractivity contribution is 6.27. The molecular formula is C24H20N2O3. The topological polar surface area (TPSA) is 67.4 Å². The maximum absolute atomic E-state index is 13.2. The molecule has 2 N–H and O–H groups in total. The van der Waals surface area contributed by atoms with Gasteiger partial charge in [-0.2, -0.15) is 0 Å². The van der Waals surface area contributed by atoms with Crippen LogP contribution in [0, 0.1) is 0 Å². The zero-order valence-electron chi connectivity index (χ0n) is 15.9. The van der Waals surface area contributed by atoms with E-state index < -0.39 is 0 Å². The predicted molar refractivity (Wildman–Crippen MR) is 112 cm³/mol. The molecule has 0 atom stereocenters. The molecule has 144 valence electrons. The first-order chi connectivity index (χ1) is 14.2. The number of allylic oxidation sites excluding steroid dienone is 2. The van der Waals surface area contributed by atoms with Gasteiger partial charge >= 0.3 is 0 Å². The molecule has 3 aromatic carbocycles. The van der Waals surface area contributed by atoms with Crippen LogP contribution in [-0.2, 0) is 6.54 Å². The van der Waals surface area contributed by atoms with Crippen LogP contribution in [0.4, 0.5) is 5.69 Å². The first kappa shape index (κ1) is 18.5. The summed E-state index contributed by atoms with van der Waals surface area (Å²) in [6.07, 6.45) is 0. The largest absolute Gasteiger partial charge is 0.495 e. The van der Waals surface area contributed by atoms with Gasteiger partial charge in [-0.1, -0.05) is 66.7 Å². The standard InChI is InChI=1S/C24H20N2O3/c1-29-20-14-8-7-13-19(20)26-22-21(25-15-16-9-3-2-4-10-16)23(27)17-11-5-6-12-18(17)24(22)28/h2-14,25-26H,15H2,1H3. The number of hydrogen-bond acceptors (Lipinski definition) is 5. The minimum Gasteiger partial charge on any atom is -0.495 e. The third-order valence-corrected chi connectivity index (χ3v) is 4.80. The van der Waals surface area contributed by atoms with Gasteiger partial charge in [0.25, 0.3) is 0 Å². The molecule has 3 aromatic rings. The molecule has 1 aliphatic rings. The van der Waals surface area contributed by atoms with Crippen molar-refractivity contribution in [1.82, 2.24) is 5.32 Å². The number of ketones is 2. The van der Waals surface area contributed by atoms with Crippen molar-refractivity contribution >= 4 is 17.3 Å². The second kappa shape index (κ2) is 8.02. The maximum Gasteiger partial charge on any atom is 0.212 e. The number of anilines is 1. The van der Waals surface area contributed by atoms with Crippen molar-refractivity contribution in [2.45, 2.75) is 6.54 Å². The second-order valence-corrected chi connectivity index (χ2v) is 6.62. The molecule has 0 bridgehead atoms. The predicted octanol–water partition coefficient (Wildman–Crippen LogP) is 4.19. The summed E-state index contributed by atoms with van der Waals surface area (Å²) in [7, 11) is 1.56. The molecular weight excluding hydrogens is 364 g/mol. The van der Waals surface area contributed by atoms with Gasteiger partial charge in [-0.15, -0.1) is 0 Å². The quantitative estimate of drug-likeness (QED) is 0.667. The van der Waals surface area contributed by atoms with Gasteiger partial charge in [-0.3, -0.25) is 9.59 Å². The van der Waals surface area contributed by atoms with E-state index in [0.29, 0.717) is 29.1 Å². The monoisotopic (exact) mass is 384 g/mol. The Bertz CT molecular complexity index is 1100. The van der Waals surface area contributed by atoms with Crippen molar-refractivity contribution in [2.75, 3.05) is 12.4 Å². The molecule has 0 spiro atoms. The average Bonchev–Trinajstić information content (AvgIpc) is 2.78. The van der Waals surface area contributed by atoms with Gasteiger partial charge < -0.3 is 15.4 Å². The van der Waals surface area contributed by atoms with Gasteiger partial charge in [0.15, 0.2) is 0 Å². The normalized spacial score (nSPS) is 13.1. The molecule has 5 heteroatoms. The molecule has 0 aliphatic heterocycles. The summed E-state index contributed by atoms with van der Waals surface area (Å²) in [6, 6.07) is 23.9. The van der Waals surface area contributed by atoms with Crippen LogP contribution in [0.5, 0.6) is 5.75 Å². The van der Waals surface area contributed by atoms with Gasteiger partial charge in [0.1, 0.15) is 17.1 Å². The van der Waals surface area contributed by atoms with Crippen LogP contribution in [0.2, 0.25) is 0 Å². The van der Waals surface area contributed by atoms with E-state index in [1.54, 1.807) is 43.5 Å². The number of carbonyl (C=O) groups is 2. The van der Waals surface area contributed by atoms with E-state index in [4.69, 9.17) is 4.74 Å². The number of ether oxygens (including phenoxy) is 1. The lowest BCUT2D eigenvalue weighted by Crippen LogP contribution is -2.33. The summed E-state index contributed by atoms with van der Waals surface area (Å²) < 4.78 is 5.38. The van der Waals surface area contributed by atoms with Crippen molar-refractivity contribution in [3.63, 3.8) is 0 Å². The second-order valence-electron chi connectivity index (χ2n) is 6.62. The van der Waals surface area contributed by atoms with Crippen LogP contribution in [0.3, 0.4) is 0 Å². The first-order valence-corrected chi connectivity index (χ1v) is 9.29. The lowest BCUT2D eigenvalue weighted by molar-refractivity contribution is 0.0969. The van der Waals surface area contributed by atoms with Gasteiger partial charge in [-0.05, 0) is 17.7 Å². The van der Waals surface area contributed by atoms with Crippen LogP contribution in [-0.4, -0.2) is 18.7 Å². The zero-order chi connectivity index (χ0) is 20.2. The molecule has 0 heterocycles. The maximum atomic E-state index is 13.2. The molecule has 1 aliphatic carbocycles. The fourth-order valence-electron chi connectivity index (χ4n) is 3.33. The number of rotatable bonds is 6. The number of carbonyl (C=O) groups excluding carboxylic acids is 2. The lowest BCUT2D eigenvalue weighted by atomic mass is 9.90. The van der Waals surface area contributed by atoms with E-state index in [9.17, 15) is 9.59 Å². The van der Waals surface area contributed by atoms with E-state index in [1.807, 2.05) is 42.5 Å². The number of hydrogen-bond donors (Lipinski definition) is 2. The Morgan fingerprint density at radius 1 is 0.724 bits per heavy atom. The molecule has 0 fully saturated rings. The molecule has 29 heavy (non-hydrogen) atoms. The number of fused-ring (bicyclic) bond motifs is 1. The van der Waals surface area contributed by atoms with Gasteiger partial charge in [0.2, 0.25) is 11.6 Å². The lowest BCUT2D eigenvalue weighted by Gasteiger charge is -2.23. The van der Waals surface area contributed by atoms with Crippen LogP contribution in [0.15, 0.2) is 90.3 Å². The number of Topliss-reactive ketones (excluding diaryl/α,β-unsaturated/α-hetero) is 2. The number of para-hydroxylation sites is 2. The number of benzene rings is 3. The first-order valence-electron chi connectivity index (χ1n) is 9.29. The van der Waals surface area contributed by atoms with Crippen LogP contribution in [0.25, 0.3) is 0 Å². The Kier molecular flexibility index (Phi) is 5.12. The summed E-state index contributed by atoms with van der Waals surface area (Å²) in [6.45, 7) is 0.425. The SMILES string of the molecule is COc1ccccc1NC1=C(NCc2ccccc2)C(=O)c2ccccc2C1=O. The van der Waals surface area contributed by atoms with E-state index in [2.05, 4.69) is 10.6 Å². The summed E-state index contributed by atoms with van der Waals surface area (Å²) in [5.41, 5.74) is 2.89. The summed E-state index contributed by atoms with van der Waals surface area (Å²) in [5, 5.41) is 6.30. The summed E-state index contributed by atoms with van der Waals surface area (Å²) in [4.78, 5) is 26.4. The number of methoxy groups -OCH3 is 1. The van der Waals surface area contributed by atoms with Crippen LogP contribution < -0.4 is 15.4 Å². The van der Waals surface area contributed by atoms with Crippen molar-refractivity contribution in [3.05, 3.63) is 107 Å². The third kappa shape index (κ3) is 3.62. The smallest absolute Gasteiger partial charge is 0.212 e. The fourth-order valence-corrected chi connectivity index (χ4v) is 3.33. The van der Waals surface area contributed by atoms with Gasteiger partial charge in [-0.25, -0.2) is 0 Å². The summed E-state index contributed by atoms with van der Waals surface area (Å²) >= 11 is 0. The van der Waals surface area contributed by atoms with E-state index >= 15 is 0 Å². The Morgan fingerprint density at radius 2 is 1.31 bits per heavy atom. The Balaban J connectivity index is 1.76. The molecule has 0 radical (unpaired) electrons. The molecule has 0 saturated carbocycles. The molecule has 0 saturated heterocycles. The van der Waals surface area contributed by atoms with Crippen molar-refractivity contribution in [1.29, 1.82) is 0 Å². The highest BCUT2D eigenvalue weighted by Crippen LogP contribution is 2.30.